The number of halogens is 1. The molecule has 96 valence electrons. The van der Waals surface area contributed by atoms with Crippen LogP contribution in [0.25, 0.3) is 10.9 Å². The summed E-state index contributed by atoms with van der Waals surface area (Å²) < 4.78 is 0. The van der Waals surface area contributed by atoms with Crippen molar-refractivity contribution in [1.82, 2.24) is 4.98 Å². The van der Waals surface area contributed by atoms with E-state index in [1.165, 1.54) is 0 Å². The van der Waals surface area contributed by atoms with Crippen molar-refractivity contribution in [3.63, 3.8) is 0 Å². The predicted octanol–water partition coefficient (Wildman–Crippen LogP) is 2.90. The average Bonchev–Trinajstić information content (AvgIpc) is 2.28. The Kier molecular flexibility index (Phi) is 3.88. The highest BCUT2D eigenvalue weighted by molar-refractivity contribution is 7.96. The Bertz CT molecular complexity index is 639. The molecule has 18 heavy (non-hydrogen) atoms. The lowest BCUT2D eigenvalue weighted by Gasteiger charge is -2.06. The summed E-state index contributed by atoms with van der Waals surface area (Å²) in [6.45, 7) is 2.07. The summed E-state index contributed by atoms with van der Waals surface area (Å²) in [6.07, 6.45) is 2.96. The van der Waals surface area contributed by atoms with Crippen molar-refractivity contribution in [2.45, 2.75) is 18.2 Å². The SMILES string of the molecule is CCC[S+](C)c1c(O)c2ccc(Cl)cc2[nH]c1=O. The highest BCUT2D eigenvalue weighted by Gasteiger charge is 2.25. The number of benzene rings is 1. The van der Waals surface area contributed by atoms with Crippen LogP contribution in [0.2, 0.25) is 5.02 Å². The minimum atomic E-state index is -0.245. The van der Waals surface area contributed by atoms with Crippen LogP contribution in [-0.2, 0) is 10.9 Å². The van der Waals surface area contributed by atoms with Gasteiger partial charge in [-0.05, 0) is 24.6 Å². The van der Waals surface area contributed by atoms with Crippen molar-refractivity contribution in [3.05, 3.63) is 33.6 Å². The first-order valence-corrected chi connectivity index (χ1v) is 7.89. The number of H-pyrrole nitrogens is 1. The molecule has 2 rings (SSSR count). The molecular formula is C13H15ClNO2S+. The first-order chi connectivity index (χ1) is 8.54. The fourth-order valence-corrected chi connectivity index (χ4v) is 3.76. The third-order valence-electron chi connectivity index (χ3n) is 2.77. The lowest BCUT2D eigenvalue weighted by molar-refractivity contribution is 0.466. The molecule has 0 aliphatic rings. The van der Waals surface area contributed by atoms with E-state index in [-0.39, 0.29) is 22.2 Å². The zero-order valence-electron chi connectivity index (χ0n) is 10.3. The van der Waals surface area contributed by atoms with E-state index in [1.807, 2.05) is 6.26 Å². The zero-order valence-corrected chi connectivity index (χ0v) is 11.9. The molecule has 0 radical (unpaired) electrons. The van der Waals surface area contributed by atoms with Gasteiger partial charge in [0.25, 0.3) is 4.90 Å². The van der Waals surface area contributed by atoms with Crippen LogP contribution in [0.5, 0.6) is 5.75 Å². The summed E-state index contributed by atoms with van der Waals surface area (Å²) in [5.41, 5.74) is 0.351. The molecule has 0 fully saturated rings. The number of rotatable bonds is 3. The fraction of sp³-hybridized carbons (Fsp3) is 0.308. The second-order valence-corrected chi connectivity index (χ2v) is 6.69. The Labute approximate surface area is 113 Å². The highest BCUT2D eigenvalue weighted by Crippen LogP contribution is 2.30. The maximum absolute atomic E-state index is 12.0. The average molecular weight is 285 g/mol. The summed E-state index contributed by atoms with van der Waals surface area (Å²) >= 11 is 5.87. The molecule has 1 unspecified atom stereocenters. The van der Waals surface area contributed by atoms with Gasteiger partial charge in [-0.25, -0.2) is 0 Å². The molecule has 1 heterocycles. The van der Waals surface area contributed by atoms with Crippen molar-refractivity contribution in [3.8, 4) is 5.75 Å². The van der Waals surface area contributed by atoms with E-state index in [9.17, 15) is 9.90 Å². The molecule has 0 saturated heterocycles. The van der Waals surface area contributed by atoms with E-state index in [1.54, 1.807) is 18.2 Å². The molecule has 1 aromatic carbocycles. The Morgan fingerprint density at radius 3 is 2.83 bits per heavy atom. The van der Waals surface area contributed by atoms with E-state index in [4.69, 9.17) is 11.6 Å². The molecular weight excluding hydrogens is 270 g/mol. The molecule has 2 aromatic rings. The Balaban J connectivity index is 2.69. The van der Waals surface area contributed by atoms with Gasteiger partial charge in [0.2, 0.25) is 0 Å². The van der Waals surface area contributed by atoms with E-state index in [0.717, 1.165) is 12.2 Å². The van der Waals surface area contributed by atoms with Crippen LogP contribution in [0.1, 0.15) is 13.3 Å². The van der Waals surface area contributed by atoms with Gasteiger partial charge in [-0.2, -0.15) is 0 Å². The summed E-state index contributed by atoms with van der Waals surface area (Å²) in [6, 6.07) is 5.09. The second-order valence-electron chi connectivity index (χ2n) is 4.16. The Morgan fingerprint density at radius 2 is 2.17 bits per heavy atom. The maximum Gasteiger partial charge on any atom is 0.307 e. The number of nitrogens with one attached hydrogen (secondary N) is 1. The molecule has 0 aliphatic heterocycles. The number of aromatic hydroxyl groups is 1. The van der Waals surface area contributed by atoms with Gasteiger partial charge in [0, 0.05) is 21.3 Å². The Hall–Kier alpha value is -1.13. The van der Waals surface area contributed by atoms with E-state index in [2.05, 4.69) is 11.9 Å². The third kappa shape index (κ3) is 2.35. The van der Waals surface area contributed by atoms with Crippen LogP contribution < -0.4 is 5.56 Å². The normalized spacial score (nSPS) is 12.8. The molecule has 0 saturated carbocycles. The van der Waals surface area contributed by atoms with Crippen LogP contribution in [-0.4, -0.2) is 22.1 Å². The highest BCUT2D eigenvalue weighted by atomic mass is 35.5. The predicted molar refractivity (Wildman–Crippen MR) is 78.0 cm³/mol. The lowest BCUT2D eigenvalue weighted by Crippen LogP contribution is -2.19. The van der Waals surface area contributed by atoms with E-state index in [0.29, 0.717) is 20.8 Å². The van der Waals surface area contributed by atoms with Gasteiger partial charge in [-0.1, -0.05) is 18.5 Å². The number of aromatic nitrogens is 1. The fourth-order valence-electron chi connectivity index (χ4n) is 1.97. The van der Waals surface area contributed by atoms with Crippen LogP contribution >= 0.6 is 11.6 Å². The van der Waals surface area contributed by atoms with Gasteiger partial charge >= 0.3 is 5.56 Å². The van der Waals surface area contributed by atoms with Gasteiger partial charge < -0.3 is 10.1 Å². The number of hydrogen-bond acceptors (Lipinski definition) is 2. The molecule has 0 bridgehead atoms. The number of aromatic amines is 1. The first-order valence-electron chi connectivity index (χ1n) is 5.71. The van der Waals surface area contributed by atoms with Crippen molar-refractivity contribution >= 4 is 33.4 Å². The standard InChI is InChI=1S/C13H14ClNO2S/c1-3-6-18(2)12-11(16)9-5-4-8(14)7-10(9)15-13(12)17/h4-5,7H,3,6H2,1-2H3,(H-,15,16,17)/p+1. The van der Waals surface area contributed by atoms with E-state index < -0.39 is 0 Å². The number of hydrogen-bond donors (Lipinski definition) is 2. The van der Waals surface area contributed by atoms with Crippen molar-refractivity contribution < 1.29 is 5.11 Å². The summed E-state index contributed by atoms with van der Waals surface area (Å²) in [5.74, 6) is 0.986. The van der Waals surface area contributed by atoms with Crippen LogP contribution in [0.15, 0.2) is 27.9 Å². The van der Waals surface area contributed by atoms with Gasteiger partial charge in [0.05, 0.1) is 5.52 Å². The largest absolute Gasteiger partial charge is 0.503 e. The molecule has 1 atom stereocenters. The van der Waals surface area contributed by atoms with Crippen molar-refractivity contribution in [2.75, 3.05) is 12.0 Å². The third-order valence-corrected chi connectivity index (χ3v) is 5.10. The smallest absolute Gasteiger partial charge is 0.307 e. The molecule has 0 amide bonds. The zero-order chi connectivity index (χ0) is 13.3. The molecule has 5 heteroatoms. The van der Waals surface area contributed by atoms with Gasteiger partial charge in [-0.3, -0.25) is 4.79 Å². The molecule has 2 N–H and O–H groups in total. The van der Waals surface area contributed by atoms with Crippen molar-refractivity contribution in [2.24, 2.45) is 0 Å². The Morgan fingerprint density at radius 1 is 1.44 bits per heavy atom. The summed E-state index contributed by atoms with van der Waals surface area (Å²) in [7, 11) is -0.245. The topological polar surface area (TPSA) is 53.1 Å². The van der Waals surface area contributed by atoms with Crippen molar-refractivity contribution in [1.29, 1.82) is 0 Å². The minimum absolute atomic E-state index is 0.0877. The van der Waals surface area contributed by atoms with Crippen LogP contribution in [0, 0.1) is 0 Å². The van der Waals surface area contributed by atoms with Crippen LogP contribution in [0.4, 0.5) is 0 Å². The van der Waals surface area contributed by atoms with Gasteiger partial charge in [0.15, 0.2) is 5.75 Å². The second kappa shape index (κ2) is 5.24. The minimum Gasteiger partial charge on any atom is -0.503 e. The van der Waals surface area contributed by atoms with Gasteiger partial charge in [0.1, 0.15) is 12.0 Å². The maximum atomic E-state index is 12.0. The number of fused-ring (bicyclic) bond motifs is 1. The molecule has 0 spiro atoms. The van der Waals surface area contributed by atoms with Gasteiger partial charge in [-0.15, -0.1) is 0 Å². The lowest BCUT2D eigenvalue weighted by atomic mass is 10.2. The molecule has 0 aliphatic carbocycles. The monoisotopic (exact) mass is 284 g/mol. The van der Waals surface area contributed by atoms with Crippen LogP contribution in [0.3, 0.4) is 0 Å². The van der Waals surface area contributed by atoms with E-state index >= 15 is 0 Å². The quantitative estimate of drug-likeness (QED) is 0.852. The number of pyridine rings is 1. The summed E-state index contributed by atoms with van der Waals surface area (Å²) in [4.78, 5) is 15.3. The molecule has 1 aromatic heterocycles. The first kappa shape index (κ1) is 13.3. The molecule has 3 nitrogen and oxygen atoms in total. The summed E-state index contributed by atoms with van der Waals surface area (Å²) in [5, 5.41) is 11.4.